The normalized spacial score (nSPS) is 17.8. The highest BCUT2D eigenvalue weighted by Crippen LogP contribution is 2.23. The summed E-state index contributed by atoms with van der Waals surface area (Å²) in [6, 6.07) is 6.14. The minimum Gasteiger partial charge on any atom is -0.378 e. The van der Waals surface area contributed by atoms with Gasteiger partial charge in [-0.2, -0.15) is 0 Å². The topological polar surface area (TPSA) is 66.4 Å². The van der Waals surface area contributed by atoms with Crippen LogP contribution in [0.1, 0.15) is 18.4 Å². The fourth-order valence-electron chi connectivity index (χ4n) is 3.38. The first kappa shape index (κ1) is 16.1. The summed E-state index contributed by atoms with van der Waals surface area (Å²) in [6.45, 7) is 6.15. The second kappa shape index (κ2) is 7.65. The van der Waals surface area contributed by atoms with Gasteiger partial charge in [0.1, 0.15) is 23.8 Å². The second-order valence-electron chi connectivity index (χ2n) is 6.39. The van der Waals surface area contributed by atoms with Crippen molar-refractivity contribution in [1.82, 2.24) is 15.0 Å². The minimum atomic E-state index is 0.708. The highest BCUT2D eigenvalue weighted by atomic mass is 16.5. The number of ether oxygens (including phenoxy) is 1. The molecule has 1 N–H and O–H groups in total. The zero-order valence-electron chi connectivity index (χ0n) is 14.4. The summed E-state index contributed by atoms with van der Waals surface area (Å²) in [5, 5.41) is 3.43. The van der Waals surface area contributed by atoms with E-state index in [4.69, 9.17) is 4.74 Å². The number of pyridine rings is 1. The molecule has 25 heavy (non-hydrogen) atoms. The third-order valence-electron chi connectivity index (χ3n) is 4.72. The molecule has 4 rings (SSSR count). The number of nitrogens with zero attached hydrogens (tertiary/aromatic N) is 5. The van der Waals surface area contributed by atoms with Crippen molar-refractivity contribution in [3.63, 3.8) is 0 Å². The average molecular weight is 340 g/mol. The molecule has 0 aliphatic carbocycles. The molecular formula is C18H24N6O. The van der Waals surface area contributed by atoms with Gasteiger partial charge < -0.3 is 19.9 Å². The van der Waals surface area contributed by atoms with Crippen LogP contribution in [-0.2, 0) is 11.3 Å². The van der Waals surface area contributed by atoms with Gasteiger partial charge in [0.15, 0.2) is 0 Å². The van der Waals surface area contributed by atoms with Crippen LogP contribution >= 0.6 is 0 Å². The van der Waals surface area contributed by atoms with Crippen LogP contribution in [0.4, 0.5) is 17.5 Å². The molecule has 2 aliphatic rings. The molecule has 2 aromatic heterocycles. The molecule has 2 aliphatic heterocycles. The largest absolute Gasteiger partial charge is 0.378 e. The van der Waals surface area contributed by atoms with Crippen molar-refractivity contribution in [2.75, 3.05) is 54.5 Å². The highest BCUT2D eigenvalue weighted by Gasteiger charge is 2.17. The molecule has 2 aromatic rings. The number of morpholine rings is 1. The van der Waals surface area contributed by atoms with Crippen molar-refractivity contribution in [3.05, 3.63) is 36.3 Å². The van der Waals surface area contributed by atoms with Crippen molar-refractivity contribution < 1.29 is 4.74 Å². The fourth-order valence-corrected chi connectivity index (χ4v) is 3.38. The molecule has 7 nitrogen and oxygen atoms in total. The maximum Gasteiger partial charge on any atom is 0.134 e. The molecule has 0 atom stereocenters. The molecule has 0 amide bonds. The maximum absolute atomic E-state index is 5.41. The van der Waals surface area contributed by atoms with Crippen LogP contribution < -0.4 is 15.1 Å². The second-order valence-corrected chi connectivity index (χ2v) is 6.39. The quantitative estimate of drug-likeness (QED) is 0.892. The Bertz CT molecular complexity index is 697. The molecule has 0 aromatic carbocycles. The minimum absolute atomic E-state index is 0.708. The van der Waals surface area contributed by atoms with Crippen LogP contribution in [0.2, 0.25) is 0 Å². The van der Waals surface area contributed by atoms with Crippen molar-refractivity contribution in [3.8, 4) is 0 Å². The summed E-state index contributed by atoms with van der Waals surface area (Å²) in [7, 11) is 0. The summed E-state index contributed by atoms with van der Waals surface area (Å²) < 4.78 is 5.41. The van der Waals surface area contributed by atoms with E-state index < -0.39 is 0 Å². The summed E-state index contributed by atoms with van der Waals surface area (Å²) in [5.74, 6) is 2.88. The number of rotatable bonds is 5. The first-order chi connectivity index (χ1) is 12.4. The Kier molecular flexibility index (Phi) is 4.92. The molecule has 0 radical (unpaired) electrons. The van der Waals surface area contributed by atoms with E-state index in [9.17, 15) is 0 Å². The summed E-state index contributed by atoms with van der Waals surface area (Å²) >= 11 is 0. The van der Waals surface area contributed by atoms with Crippen molar-refractivity contribution >= 4 is 17.5 Å². The van der Waals surface area contributed by atoms with Gasteiger partial charge in [-0.15, -0.1) is 0 Å². The third kappa shape index (κ3) is 3.82. The number of nitrogens with one attached hydrogen (secondary N) is 1. The van der Waals surface area contributed by atoms with Gasteiger partial charge in [-0.05, 0) is 18.9 Å². The third-order valence-corrected chi connectivity index (χ3v) is 4.72. The molecule has 0 saturated carbocycles. The Morgan fingerprint density at radius 3 is 2.68 bits per heavy atom. The van der Waals surface area contributed by atoms with Crippen LogP contribution in [0.25, 0.3) is 0 Å². The predicted molar refractivity (Wildman–Crippen MR) is 98.1 cm³/mol. The van der Waals surface area contributed by atoms with Crippen molar-refractivity contribution in [2.45, 2.75) is 19.4 Å². The smallest absolute Gasteiger partial charge is 0.134 e. The Balaban J connectivity index is 1.45. The van der Waals surface area contributed by atoms with Crippen LogP contribution in [0.5, 0.6) is 0 Å². The molecule has 2 saturated heterocycles. The van der Waals surface area contributed by atoms with Gasteiger partial charge in [-0.1, -0.05) is 6.07 Å². The SMILES string of the molecule is c1cnc(N2CCCC2)c(CNc2cc(N3CCOCC3)ncn2)c1. The first-order valence-electron chi connectivity index (χ1n) is 8.97. The lowest BCUT2D eigenvalue weighted by Crippen LogP contribution is -2.36. The summed E-state index contributed by atoms with van der Waals surface area (Å²) in [5.41, 5.74) is 1.20. The van der Waals surface area contributed by atoms with Gasteiger partial charge >= 0.3 is 0 Å². The molecule has 0 bridgehead atoms. The average Bonchev–Trinajstić information content (AvgIpc) is 3.22. The summed E-state index contributed by atoms with van der Waals surface area (Å²) in [6.07, 6.45) is 5.99. The Labute approximate surface area is 148 Å². The van der Waals surface area contributed by atoms with Crippen molar-refractivity contribution in [2.24, 2.45) is 0 Å². The molecule has 132 valence electrons. The molecule has 0 spiro atoms. The Morgan fingerprint density at radius 2 is 1.84 bits per heavy atom. The zero-order chi connectivity index (χ0) is 16.9. The van der Waals surface area contributed by atoms with Crippen LogP contribution in [0.3, 0.4) is 0 Å². The van der Waals surface area contributed by atoms with Gasteiger partial charge in [0.05, 0.1) is 13.2 Å². The van der Waals surface area contributed by atoms with E-state index in [2.05, 4.69) is 36.1 Å². The molecule has 7 heteroatoms. The van der Waals surface area contributed by atoms with E-state index >= 15 is 0 Å². The van der Waals surface area contributed by atoms with Crippen molar-refractivity contribution in [1.29, 1.82) is 0 Å². The van der Waals surface area contributed by atoms with Crippen LogP contribution in [0, 0.1) is 0 Å². The lowest BCUT2D eigenvalue weighted by Gasteiger charge is -2.27. The van der Waals surface area contributed by atoms with Gasteiger partial charge in [0.25, 0.3) is 0 Å². The van der Waals surface area contributed by atoms with Gasteiger partial charge in [-0.3, -0.25) is 0 Å². The molecular weight excluding hydrogens is 316 g/mol. The number of anilines is 3. The van der Waals surface area contributed by atoms with Gasteiger partial charge in [0.2, 0.25) is 0 Å². The maximum atomic E-state index is 5.41. The van der Waals surface area contributed by atoms with E-state index in [0.29, 0.717) is 6.54 Å². The number of hydrogen-bond donors (Lipinski definition) is 1. The van der Waals surface area contributed by atoms with E-state index in [1.165, 1.54) is 18.4 Å². The lowest BCUT2D eigenvalue weighted by molar-refractivity contribution is 0.122. The molecule has 2 fully saturated rings. The van der Waals surface area contributed by atoms with Gasteiger partial charge in [0, 0.05) is 50.6 Å². The molecule has 4 heterocycles. The monoisotopic (exact) mass is 340 g/mol. The van der Waals surface area contributed by atoms with Crippen LogP contribution in [0.15, 0.2) is 30.7 Å². The Hall–Kier alpha value is -2.41. The van der Waals surface area contributed by atoms with E-state index in [1.54, 1.807) is 6.33 Å². The summed E-state index contributed by atoms with van der Waals surface area (Å²) in [4.78, 5) is 18.0. The first-order valence-corrected chi connectivity index (χ1v) is 8.97. The fraction of sp³-hybridized carbons (Fsp3) is 0.500. The lowest BCUT2D eigenvalue weighted by atomic mass is 10.2. The van der Waals surface area contributed by atoms with Gasteiger partial charge in [-0.25, -0.2) is 15.0 Å². The molecule has 0 unspecified atom stereocenters. The highest BCUT2D eigenvalue weighted by molar-refractivity contribution is 5.52. The number of aromatic nitrogens is 3. The number of hydrogen-bond acceptors (Lipinski definition) is 7. The van der Waals surface area contributed by atoms with Crippen LogP contribution in [-0.4, -0.2) is 54.3 Å². The predicted octanol–water partition coefficient (Wildman–Crippen LogP) is 1.92. The zero-order valence-corrected chi connectivity index (χ0v) is 14.4. The van der Waals surface area contributed by atoms with E-state index in [0.717, 1.165) is 56.8 Å². The van der Waals surface area contributed by atoms with E-state index in [1.807, 2.05) is 18.3 Å². The Morgan fingerprint density at radius 1 is 1.00 bits per heavy atom. The standard InChI is InChI=1S/C18H24N6O/c1-2-7-24(6-1)18-15(4-3-5-19-18)13-20-16-12-17(22-14-21-16)23-8-10-25-11-9-23/h3-5,12,14H,1-2,6-11,13H2,(H,20,21,22). The van der Waals surface area contributed by atoms with E-state index in [-0.39, 0.29) is 0 Å².